The fourth-order valence-electron chi connectivity index (χ4n) is 3.44. The monoisotopic (exact) mass is 382 g/mol. The third-order valence-corrected chi connectivity index (χ3v) is 5.52. The number of benzene rings is 1. The molecule has 1 aliphatic heterocycles. The zero-order chi connectivity index (χ0) is 18.1. The molecule has 2 aliphatic rings. The molecule has 1 aromatic carbocycles. The van der Waals surface area contributed by atoms with Gasteiger partial charge in [-0.15, -0.1) is 0 Å². The quantitative estimate of drug-likeness (QED) is 0.335. The van der Waals surface area contributed by atoms with Gasteiger partial charge in [-0.25, -0.2) is 4.79 Å². The maximum atomic E-state index is 11.7. The van der Waals surface area contributed by atoms with Gasteiger partial charge in [0.25, 0.3) is 0 Å². The number of hydrogen-bond donors (Lipinski definition) is 0. The lowest BCUT2D eigenvalue weighted by molar-refractivity contribution is -0.136. The lowest BCUT2D eigenvalue weighted by Crippen LogP contribution is -2.49. The Morgan fingerprint density at radius 3 is 2.88 bits per heavy atom. The van der Waals surface area contributed by atoms with Crippen molar-refractivity contribution < 1.29 is 19.0 Å². The Balaban J connectivity index is 1.91. The maximum absolute atomic E-state index is 11.7. The van der Waals surface area contributed by atoms with Gasteiger partial charge in [0.15, 0.2) is 5.60 Å². The fourth-order valence-corrected chi connectivity index (χ4v) is 3.73. The molecule has 1 heterocycles. The van der Waals surface area contributed by atoms with Gasteiger partial charge < -0.3 is 14.2 Å². The molecule has 3 atom stereocenters. The SMILES string of the molecule is CCOC(=O)C#C[C@](C)(Oc1ccc(Cl)c(Cl)c1)[C@@]12CCCC[C@@H]1O2. The van der Waals surface area contributed by atoms with Crippen LogP contribution in [0.15, 0.2) is 18.2 Å². The summed E-state index contributed by atoms with van der Waals surface area (Å²) in [6.07, 6.45) is 4.08. The highest BCUT2D eigenvalue weighted by molar-refractivity contribution is 6.42. The molecule has 1 saturated heterocycles. The van der Waals surface area contributed by atoms with E-state index >= 15 is 0 Å². The molecule has 1 saturated carbocycles. The van der Waals surface area contributed by atoms with E-state index in [1.165, 1.54) is 0 Å². The van der Waals surface area contributed by atoms with Crippen LogP contribution in [0.3, 0.4) is 0 Å². The van der Waals surface area contributed by atoms with Gasteiger partial charge in [0.1, 0.15) is 11.4 Å². The van der Waals surface area contributed by atoms with Crippen LogP contribution in [0.2, 0.25) is 10.0 Å². The molecular formula is C19H20Cl2O4. The molecule has 3 rings (SSSR count). The Morgan fingerprint density at radius 2 is 2.20 bits per heavy atom. The van der Waals surface area contributed by atoms with Gasteiger partial charge in [0.05, 0.1) is 22.8 Å². The highest BCUT2D eigenvalue weighted by atomic mass is 35.5. The molecule has 4 nitrogen and oxygen atoms in total. The lowest BCUT2D eigenvalue weighted by atomic mass is 9.77. The standard InChI is InChI=1S/C19H20Cl2O4/c1-3-23-17(22)9-11-18(2,19-10-5-4-6-16(19)25-19)24-13-7-8-14(20)15(21)12-13/h7-8,12,16H,3-6,10H2,1-2H3/t16-,18-,19+/m0/s1. The third kappa shape index (κ3) is 3.60. The third-order valence-electron chi connectivity index (χ3n) is 4.78. The van der Waals surface area contributed by atoms with E-state index in [9.17, 15) is 4.79 Å². The van der Waals surface area contributed by atoms with Gasteiger partial charge >= 0.3 is 5.97 Å². The molecule has 134 valence electrons. The molecule has 0 bridgehead atoms. The van der Waals surface area contributed by atoms with E-state index in [-0.39, 0.29) is 12.7 Å². The highest BCUT2D eigenvalue weighted by Gasteiger charge is 2.69. The van der Waals surface area contributed by atoms with Crippen LogP contribution in [0.4, 0.5) is 0 Å². The number of rotatable bonds is 4. The van der Waals surface area contributed by atoms with E-state index in [0.717, 1.165) is 25.7 Å². The summed E-state index contributed by atoms with van der Waals surface area (Å²) in [7, 11) is 0. The van der Waals surface area contributed by atoms with Crippen molar-refractivity contribution in [1.82, 2.24) is 0 Å². The predicted molar refractivity (Wildman–Crippen MR) is 96.0 cm³/mol. The molecule has 6 heteroatoms. The minimum atomic E-state index is -0.984. The maximum Gasteiger partial charge on any atom is 0.384 e. The van der Waals surface area contributed by atoms with Crippen LogP contribution in [0.5, 0.6) is 5.75 Å². The Hall–Kier alpha value is -1.41. The summed E-state index contributed by atoms with van der Waals surface area (Å²) in [6.45, 7) is 3.88. The molecule has 25 heavy (non-hydrogen) atoms. The van der Waals surface area contributed by atoms with Crippen LogP contribution in [-0.2, 0) is 14.3 Å². The van der Waals surface area contributed by atoms with Gasteiger partial charge in [-0.05, 0) is 44.7 Å². The molecule has 2 fully saturated rings. The van der Waals surface area contributed by atoms with Crippen molar-refractivity contribution in [3.05, 3.63) is 28.2 Å². The first-order chi connectivity index (χ1) is 11.9. The smallest absolute Gasteiger partial charge is 0.384 e. The molecule has 0 unspecified atom stereocenters. The average Bonchev–Trinajstić information content (AvgIpc) is 3.33. The van der Waals surface area contributed by atoms with Crippen molar-refractivity contribution in [3.63, 3.8) is 0 Å². The summed E-state index contributed by atoms with van der Waals surface area (Å²) in [6, 6.07) is 5.04. The molecule has 0 radical (unpaired) electrons. The van der Waals surface area contributed by atoms with E-state index in [1.54, 1.807) is 25.1 Å². The normalized spacial score (nSPS) is 26.5. The summed E-state index contributed by atoms with van der Waals surface area (Å²) in [5.74, 6) is 5.47. The van der Waals surface area contributed by atoms with Crippen LogP contribution in [0.25, 0.3) is 0 Å². The van der Waals surface area contributed by atoms with E-state index in [0.29, 0.717) is 15.8 Å². The lowest BCUT2D eigenvalue weighted by Gasteiger charge is -2.34. The molecular weight excluding hydrogens is 363 g/mol. The van der Waals surface area contributed by atoms with E-state index in [4.69, 9.17) is 37.4 Å². The van der Waals surface area contributed by atoms with Gasteiger partial charge in [0.2, 0.25) is 0 Å². The number of hydrogen-bond acceptors (Lipinski definition) is 4. The first kappa shape index (κ1) is 18.4. The molecule has 1 aliphatic carbocycles. The highest BCUT2D eigenvalue weighted by Crippen LogP contribution is 2.55. The summed E-state index contributed by atoms with van der Waals surface area (Å²) < 4.78 is 17.1. The number of epoxide rings is 1. The van der Waals surface area contributed by atoms with Gasteiger partial charge in [-0.1, -0.05) is 36.0 Å². The number of fused-ring (bicyclic) bond motifs is 1. The number of halogens is 2. The number of ether oxygens (including phenoxy) is 3. The van der Waals surface area contributed by atoms with Crippen LogP contribution in [0.1, 0.15) is 39.5 Å². The minimum absolute atomic E-state index is 0.102. The largest absolute Gasteiger partial charge is 0.472 e. The number of carbonyl (C=O) groups is 1. The number of esters is 1. The van der Waals surface area contributed by atoms with Crippen molar-refractivity contribution >= 4 is 29.2 Å². The zero-order valence-corrected chi connectivity index (χ0v) is 15.7. The van der Waals surface area contributed by atoms with Crippen LogP contribution < -0.4 is 4.74 Å². The number of carbonyl (C=O) groups excluding carboxylic acids is 1. The Bertz CT molecular complexity index is 739. The fraction of sp³-hybridized carbons (Fsp3) is 0.526. The van der Waals surface area contributed by atoms with E-state index in [2.05, 4.69) is 11.8 Å². The summed E-state index contributed by atoms with van der Waals surface area (Å²) in [5.41, 5.74) is -1.49. The van der Waals surface area contributed by atoms with E-state index < -0.39 is 17.2 Å². The second-order valence-corrected chi connectivity index (χ2v) is 7.24. The van der Waals surface area contributed by atoms with Crippen molar-refractivity contribution in [3.8, 4) is 17.6 Å². The molecule has 1 aromatic rings. The molecule has 0 spiro atoms. The van der Waals surface area contributed by atoms with Crippen molar-refractivity contribution in [2.24, 2.45) is 0 Å². The van der Waals surface area contributed by atoms with Crippen LogP contribution in [-0.4, -0.2) is 29.9 Å². The second-order valence-electron chi connectivity index (χ2n) is 6.42. The Kier molecular flexibility index (Phi) is 5.20. The first-order valence-corrected chi connectivity index (χ1v) is 9.17. The Morgan fingerprint density at radius 1 is 1.40 bits per heavy atom. The molecule has 0 aromatic heterocycles. The van der Waals surface area contributed by atoms with Crippen LogP contribution >= 0.6 is 23.2 Å². The van der Waals surface area contributed by atoms with Crippen molar-refractivity contribution in [2.45, 2.75) is 56.8 Å². The summed E-state index contributed by atoms with van der Waals surface area (Å²) in [5, 5.41) is 0.846. The Labute approximate surface area is 157 Å². The van der Waals surface area contributed by atoms with Crippen LogP contribution in [0, 0.1) is 11.8 Å². The minimum Gasteiger partial charge on any atom is -0.472 e. The second kappa shape index (κ2) is 7.07. The first-order valence-electron chi connectivity index (χ1n) is 8.42. The van der Waals surface area contributed by atoms with Crippen molar-refractivity contribution in [1.29, 1.82) is 0 Å². The zero-order valence-electron chi connectivity index (χ0n) is 14.2. The molecule has 0 amide bonds. The summed E-state index contributed by atoms with van der Waals surface area (Å²) in [4.78, 5) is 11.7. The van der Waals surface area contributed by atoms with Gasteiger partial charge in [-0.3, -0.25) is 0 Å². The van der Waals surface area contributed by atoms with Gasteiger partial charge in [-0.2, -0.15) is 0 Å². The van der Waals surface area contributed by atoms with Gasteiger partial charge in [0, 0.05) is 12.0 Å². The van der Waals surface area contributed by atoms with E-state index in [1.807, 2.05) is 6.92 Å². The average molecular weight is 383 g/mol. The summed E-state index contributed by atoms with van der Waals surface area (Å²) >= 11 is 12.1. The topological polar surface area (TPSA) is 48.1 Å². The molecule has 0 N–H and O–H groups in total. The van der Waals surface area contributed by atoms with Crippen molar-refractivity contribution in [2.75, 3.05) is 6.61 Å². The predicted octanol–water partition coefficient (Wildman–Crippen LogP) is 4.41.